The van der Waals surface area contributed by atoms with Gasteiger partial charge < -0.3 is 14.7 Å². The minimum atomic E-state index is -0.268. The largest absolute Gasteiger partial charge is 0.493 e. The number of rotatable bonds is 5. The lowest BCUT2D eigenvalue weighted by Gasteiger charge is -2.42. The molecule has 1 aliphatic heterocycles. The number of hydrogen-bond donors (Lipinski definition) is 1. The van der Waals surface area contributed by atoms with Crippen molar-refractivity contribution in [2.24, 2.45) is 5.41 Å². The second-order valence-electron chi connectivity index (χ2n) is 8.21. The summed E-state index contributed by atoms with van der Waals surface area (Å²) in [4.78, 5) is 15.0. The Hall–Kier alpha value is -2.33. The first kappa shape index (κ1) is 19.0. The summed E-state index contributed by atoms with van der Waals surface area (Å²) in [6.07, 6.45) is 5.53. The maximum atomic E-state index is 13.1. The number of carbonyl (C=O) groups is 1. The fourth-order valence-corrected chi connectivity index (χ4v) is 4.76. The van der Waals surface area contributed by atoms with Gasteiger partial charge in [0, 0.05) is 30.5 Å². The van der Waals surface area contributed by atoms with Crippen LogP contribution in [0.25, 0.3) is 0 Å². The van der Waals surface area contributed by atoms with Crippen LogP contribution in [0.15, 0.2) is 54.6 Å². The Balaban J connectivity index is 1.38. The van der Waals surface area contributed by atoms with E-state index in [4.69, 9.17) is 4.74 Å². The van der Waals surface area contributed by atoms with Crippen molar-refractivity contribution < 1.29 is 14.6 Å². The predicted octanol–water partition coefficient (Wildman–Crippen LogP) is 4.08. The van der Waals surface area contributed by atoms with Gasteiger partial charge in [0.15, 0.2) is 0 Å². The van der Waals surface area contributed by atoms with Crippen molar-refractivity contribution in [2.75, 3.05) is 19.7 Å². The maximum Gasteiger partial charge on any atom is 0.254 e. The second kappa shape index (κ2) is 8.36. The summed E-state index contributed by atoms with van der Waals surface area (Å²) in [5.74, 6) is 0.779. The topological polar surface area (TPSA) is 49.8 Å². The molecule has 28 heavy (non-hydrogen) atoms. The number of nitrogens with zero attached hydrogens (tertiary/aromatic N) is 1. The normalized spacial score (nSPS) is 24.5. The summed E-state index contributed by atoms with van der Waals surface area (Å²) < 4.78 is 5.89. The average molecular weight is 380 g/mol. The van der Waals surface area contributed by atoms with Crippen molar-refractivity contribution in [1.29, 1.82) is 0 Å². The molecule has 4 heteroatoms. The molecule has 2 atom stereocenters. The van der Waals surface area contributed by atoms with Gasteiger partial charge in [0.05, 0.1) is 12.7 Å². The number of likely N-dealkylation sites (tertiary alicyclic amines) is 1. The molecule has 1 amide bonds. The van der Waals surface area contributed by atoms with Crippen LogP contribution in [0.3, 0.4) is 0 Å². The van der Waals surface area contributed by atoms with Crippen LogP contribution in [0.4, 0.5) is 0 Å². The molecule has 2 aromatic carbocycles. The number of aliphatic hydroxyl groups excluding tert-OH is 1. The number of benzene rings is 2. The Kier molecular flexibility index (Phi) is 5.67. The summed E-state index contributed by atoms with van der Waals surface area (Å²) in [6, 6.07) is 17.7. The van der Waals surface area contributed by atoms with E-state index in [1.165, 1.54) is 5.56 Å². The molecule has 1 spiro atoms. The van der Waals surface area contributed by atoms with Crippen LogP contribution in [0.1, 0.15) is 48.0 Å². The molecule has 1 heterocycles. The minimum Gasteiger partial charge on any atom is -0.493 e. The van der Waals surface area contributed by atoms with Crippen molar-refractivity contribution in [3.05, 3.63) is 65.7 Å². The highest BCUT2D eigenvalue weighted by atomic mass is 16.5. The van der Waals surface area contributed by atoms with Gasteiger partial charge >= 0.3 is 0 Å². The highest BCUT2D eigenvalue weighted by Gasteiger charge is 2.45. The third-order valence-electron chi connectivity index (χ3n) is 6.34. The average Bonchev–Trinajstić information content (AvgIpc) is 3.08. The van der Waals surface area contributed by atoms with Gasteiger partial charge in [-0.2, -0.15) is 0 Å². The molecule has 1 N–H and O–H groups in total. The van der Waals surface area contributed by atoms with Crippen molar-refractivity contribution in [3.63, 3.8) is 0 Å². The molecule has 0 radical (unpaired) electrons. The summed E-state index contributed by atoms with van der Waals surface area (Å²) in [7, 11) is 0. The molecule has 1 saturated heterocycles. The van der Waals surface area contributed by atoms with Gasteiger partial charge in [-0.1, -0.05) is 42.8 Å². The standard InChI is InChI=1S/C24H29NO3/c26-22-11-5-13-24(22)14-6-15-25(18-24)23(27)20-9-4-10-21(17-20)28-16-12-19-7-2-1-3-8-19/h1-4,7-10,17,22,26H,5-6,11-16,18H2/t22-,24+/m1/s1. The van der Waals surface area contributed by atoms with Crippen LogP contribution in [0.5, 0.6) is 5.75 Å². The predicted molar refractivity (Wildman–Crippen MR) is 110 cm³/mol. The van der Waals surface area contributed by atoms with Crippen LogP contribution in [-0.2, 0) is 6.42 Å². The molecule has 4 nitrogen and oxygen atoms in total. The van der Waals surface area contributed by atoms with Crippen LogP contribution in [0.2, 0.25) is 0 Å². The van der Waals surface area contributed by atoms with Gasteiger partial charge in [0.2, 0.25) is 0 Å². The molecule has 148 valence electrons. The first-order chi connectivity index (χ1) is 13.7. The molecule has 1 saturated carbocycles. The maximum absolute atomic E-state index is 13.1. The number of carbonyl (C=O) groups excluding carboxylic acids is 1. The van der Waals surface area contributed by atoms with E-state index in [1.54, 1.807) is 0 Å². The molecular formula is C24H29NO3. The SMILES string of the molecule is O=C(c1cccc(OCCc2ccccc2)c1)N1CCC[C@@]2(CCC[C@H]2O)C1. The molecule has 4 rings (SSSR count). The summed E-state index contributed by atoms with van der Waals surface area (Å²) in [5.41, 5.74) is 1.82. The number of ether oxygens (including phenoxy) is 1. The highest BCUT2D eigenvalue weighted by Crippen LogP contribution is 2.45. The van der Waals surface area contributed by atoms with Crippen LogP contribution >= 0.6 is 0 Å². The third kappa shape index (κ3) is 4.07. The fraction of sp³-hybridized carbons (Fsp3) is 0.458. The van der Waals surface area contributed by atoms with Gasteiger partial charge in [0.25, 0.3) is 5.91 Å². The summed E-state index contributed by atoms with van der Waals surface area (Å²) in [6.45, 7) is 2.03. The smallest absolute Gasteiger partial charge is 0.254 e. The van der Waals surface area contributed by atoms with Crippen molar-refractivity contribution in [2.45, 2.75) is 44.6 Å². The molecule has 0 aromatic heterocycles. The third-order valence-corrected chi connectivity index (χ3v) is 6.34. The zero-order valence-corrected chi connectivity index (χ0v) is 16.3. The van der Waals surface area contributed by atoms with E-state index in [0.29, 0.717) is 18.7 Å². The Morgan fingerprint density at radius 1 is 1.11 bits per heavy atom. The van der Waals surface area contributed by atoms with E-state index in [0.717, 1.165) is 50.8 Å². The molecule has 2 aliphatic rings. The Labute approximate surface area is 167 Å². The van der Waals surface area contributed by atoms with E-state index in [1.807, 2.05) is 47.4 Å². The van der Waals surface area contributed by atoms with Crippen LogP contribution in [0, 0.1) is 5.41 Å². The van der Waals surface area contributed by atoms with E-state index in [-0.39, 0.29) is 17.4 Å². The lowest BCUT2D eigenvalue weighted by atomic mass is 9.76. The second-order valence-corrected chi connectivity index (χ2v) is 8.21. The van der Waals surface area contributed by atoms with Gasteiger partial charge in [-0.15, -0.1) is 0 Å². The molecule has 2 aromatic rings. The van der Waals surface area contributed by atoms with Crippen molar-refractivity contribution >= 4 is 5.91 Å². The van der Waals surface area contributed by atoms with Gasteiger partial charge in [0.1, 0.15) is 5.75 Å². The number of aliphatic hydroxyl groups is 1. The van der Waals surface area contributed by atoms with Crippen molar-refractivity contribution in [1.82, 2.24) is 4.90 Å². The van der Waals surface area contributed by atoms with E-state index in [2.05, 4.69) is 12.1 Å². The van der Waals surface area contributed by atoms with Crippen LogP contribution < -0.4 is 4.74 Å². The lowest BCUT2D eigenvalue weighted by molar-refractivity contribution is -0.00537. The Morgan fingerprint density at radius 3 is 2.71 bits per heavy atom. The number of hydrogen-bond acceptors (Lipinski definition) is 3. The molecule has 0 unspecified atom stereocenters. The van der Waals surface area contributed by atoms with Gasteiger partial charge in [-0.05, 0) is 49.4 Å². The summed E-state index contributed by atoms with van der Waals surface area (Å²) in [5, 5.41) is 10.5. The molecule has 2 fully saturated rings. The van der Waals surface area contributed by atoms with Gasteiger partial charge in [-0.3, -0.25) is 4.79 Å². The fourth-order valence-electron chi connectivity index (χ4n) is 4.76. The van der Waals surface area contributed by atoms with E-state index in [9.17, 15) is 9.90 Å². The first-order valence-corrected chi connectivity index (χ1v) is 10.4. The first-order valence-electron chi connectivity index (χ1n) is 10.4. The zero-order valence-electron chi connectivity index (χ0n) is 16.3. The van der Waals surface area contributed by atoms with E-state index < -0.39 is 0 Å². The monoisotopic (exact) mass is 379 g/mol. The number of piperidine rings is 1. The number of amides is 1. The molecular weight excluding hydrogens is 350 g/mol. The highest BCUT2D eigenvalue weighted by molar-refractivity contribution is 5.94. The van der Waals surface area contributed by atoms with E-state index >= 15 is 0 Å². The quantitative estimate of drug-likeness (QED) is 0.852. The lowest BCUT2D eigenvalue weighted by Crippen LogP contribution is -2.49. The van der Waals surface area contributed by atoms with Crippen LogP contribution in [-0.4, -0.2) is 41.7 Å². The Bertz CT molecular complexity index is 807. The minimum absolute atomic E-state index is 0.0479. The van der Waals surface area contributed by atoms with Gasteiger partial charge in [-0.25, -0.2) is 0 Å². The molecule has 0 bridgehead atoms. The van der Waals surface area contributed by atoms with Crippen molar-refractivity contribution in [3.8, 4) is 5.75 Å². The zero-order chi connectivity index (χ0) is 19.4. The summed E-state index contributed by atoms with van der Waals surface area (Å²) >= 11 is 0. The molecule has 1 aliphatic carbocycles. The Morgan fingerprint density at radius 2 is 1.93 bits per heavy atom.